The molecule has 7 nitrogen and oxygen atoms in total. The molecule has 1 atom stereocenters. The van der Waals surface area contributed by atoms with Crippen LogP contribution in [0.4, 0.5) is 11.4 Å². The van der Waals surface area contributed by atoms with Crippen LogP contribution >= 0.6 is 0 Å². The SMILES string of the molecule is Cc1nccc(-c2cccc(NC3CCN(c4cnn(C)c4)C3=O)c2)n1. The summed E-state index contributed by atoms with van der Waals surface area (Å²) >= 11 is 0. The first-order valence-electron chi connectivity index (χ1n) is 8.57. The first kappa shape index (κ1) is 16.3. The lowest BCUT2D eigenvalue weighted by Gasteiger charge is -2.16. The highest BCUT2D eigenvalue weighted by molar-refractivity contribution is 6.00. The maximum atomic E-state index is 12.7. The minimum Gasteiger partial charge on any atom is -0.374 e. The molecule has 1 aliphatic rings. The van der Waals surface area contributed by atoms with Gasteiger partial charge in [0.1, 0.15) is 11.9 Å². The topological polar surface area (TPSA) is 75.9 Å². The third-order valence-electron chi connectivity index (χ3n) is 4.48. The summed E-state index contributed by atoms with van der Waals surface area (Å²) in [4.78, 5) is 23.1. The molecule has 3 aromatic rings. The molecule has 132 valence electrons. The van der Waals surface area contributed by atoms with Gasteiger partial charge in [0.25, 0.3) is 0 Å². The Balaban J connectivity index is 1.51. The molecule has 2 aromatic heterocycles. The molecule has 0 radical (unpaired) electrons. The van der Waals surface area contributed by atoms with E-state index >= 15 is 0 Å². The van der Waals surface area contributed by atoms with Gasteiger partial charge in [-0.2, -0.15) is 5.10 Å². The van der Waals surface area contributed by atoms with Gasteiger partial charge in [0.2, 0.25) is 5.91 Å². The molecule has 1 aliphatic heterocycles. The van der Waals surface area contributed by atoms with Gasteiger partial charge in [0.15, 0.2) is 0 Å². The van der Waals surface area contributed by atoms with Crippen LogP contribution in [0.2, 0.25) is 0 Å². The van der Waals surface area contributed by atoms with Crippen LogP contribution in [0, 0.1) is 6.92 Å². The highest BCUT2D eigenvalue weighted by atomic mass is 16.2. The number of carbonyl (C=O) groups is 1. The number of carbonyl (C=O) groups excluding carboxylic acids is 1. The van der Waals surface area contributed by atoms with Gasteiger partial charge in [-0.05, 0) is 31.5 Å². The third kappa shape index (κ3) is 3.15. The predicted molar refractivity (Wildman–Crippen MR) is 99.8 cm³/mol. The number of hydrogen-bond acceptors (Lipinski definition) is 5. The van der Waals surface area contributed by atoms with E-state index in [-0.39, 0.29) is 11.9 Å². The summed E-state index contributed by atoms with van der Waals surface area (Å²) < 4.78 is 1.70. The van der Waals surface area contributed by atoms with Crippen molar-refractivity contribution in [1.29, 1.82) is 0 Å². The summed E-state index contributed by atoms with van der Waals surface area (Å²) in [6.07, 6.45) is 6.09. The van der Waals surface area contributed by atoms with E-state index < -0.39 is 0 Å². The maximum Gasteiger partial charge on any atom is 0.249 e. The summed E-state index contributed by atoms with van der Waals surface area (Å²) in [5, 5.41) is 7.51. The smallest absolute Gasteiger partial charge is 0.249 e. The molecule has 4 rings (SSSR count). The number of amides is 1. The average Bonchev–Trinajstić information content (AvgIpc) is 3.21. The van der Waals surface area contributed by atoms with E-state index in [2.05, 4.69) is 20.4 Å². The molecule has 1 unspecified atom stereocenters. The van der Waals surface area contributed by atoms with Crippen LogP contribution in [-0.2, 0) is 11.8 Å². The van der Waals surface area contributed by atoms with E-state index in [4.69, 9.17) is 0 Å². The van der Waals surface area contributed by atoms with Gasteiger partial charge in [0.05, 0.1) is 17.6 Å². The Hall–Kier alpha value is -3.22. The average molecular weight is 348 g/mol. The van der Waals surface area contributed by atoms with Crippen molar-refractivity contribution in [2.45, 2.75) is 19.4 Å². The van der Waals surface area contributed by atoms with Gasteiger partial charge >= 0.3 is 0 Å². The lowest BCUT2D eigenvalue weighted by molar-refractivity contribution is -0.117. The van der Waals surface area contributed by atoms with Gasteiger partial charge in [-0.3, -0.25) is 9.48 Å². The minimum atomic E-state index is -0.238. The quantitative estimate of drug-likeness (QED) is 0.783. The number of aromatic nitrogens is 4. The molecule has 0 saturated carbocycles. The summed E-state index contributed by atoms with van der Waals surface area (Å²) in [5.41, 5.74) is 3.61. The highest BCUT2D eigenvalue weighted by Crippen LogP contribution is 2.25. The van der Waals surface area contributed by atoms with Crippen molar-refractivity contribution in [3.63, 3.8) is 0 Å². The Morgan fingerprint density at radius 1 is 1.27 bits per heavy atom. The number of anilines is 2. The molecule has 1 amide bonds. The van der Waals surface area contributed by atoms with E-state index in [0.29, 0.717) is 6.54 Å². The van der Waals surface area contributed by atoms with Crippen LogP contribution in [-0.4, -0.2) is 38.2 Å². The fourth-order valence-corrected chi connectivity index (χ4v) is 3.20. The normalized spacial score (nSPS) is 16.9. The van der Waals surface area contributed by atoms with Crippen LogP contribution < -0.4 is 10.2 Å². The van der Waals surface area contributed by atoms with Crippen molar-refractivity contribution in [2.24, 2.45) is 7.05 Å². The van der Waals surface area contributed by atoms with Crippen LogP contribution in [0.1, 0.15) is 12.2 Å². The van der Waals surface area contributed by atoms with E-state index in [0.717, 1.165) is 34.9 Å². The molecular weight excluding hydrogens is 328 g/mol. The van der Waals surface area contributed by atoms with Gasteiger partial charge < -0.3 is 10.2 Å². The van der Waals surface area contributed by atoms with Crippen LogP contribution in [0.15, 0.2) is 48.9 Å². The Bertz CT molecular complexity index is 950. The minimum absolute atomic E-state index is 0.0706. The van der Waals surface area contributed by atoms with Crippen LogP contribution in [0.5, 0.6) is 0 Å². The molecule has 26 heavy (non-hydrogen) atoms. The monoisotopic (exact) mass is 348 g/mol. The Kier molecular flexibility index (Phi) is 4.12. The largest absolute Gasteiger partial charge is 0.374 e. The second-order valence-electron chi connectivity index (χ2n) is 6.42. The number of nitrogens with one attached hydrogen (secondary N) is 1. The molecule has 7 heteroatoms. The maximum absolute atomic E-state index is 12.7. The molecule has 1 aromatic carbocycles. The standard InChI is InChI=1S/C19H20N6O/c1-13-20-8-6-17(22-13)14-4-3-5-15(10-14)23-18-7-9-25(19(18)26)16-11-21-24(2)12-16/h3-6,8,10-12,18,23H,7,9H2,1-2H3. The molecule has 1 N–H and O–H groups in total. The number of aryl methyl sites for hydroxylation is 2. The number of benzene rings is 1. The van der Waals surface area contributed by atoms with Crippen molar-refractivity contribution in [2.75, 3.05) is 16.8 Å². The molecular formula is C19H20N6O. The van der Waals surface area contributed by atoms with E-state index in [1.54, 1.807) is 22.0 Å². The lowest BCUT2D eigenvalue weighted by atomic mass is 10.1. The molecule has 0 spiro atoms. The van der Waals surface area contributed by atoms with E-state index in [1.165, 1.54) is 0 Å². The molecule has 1 fully saturated rings. The first-order valence-corrected chi connectivity index (χ1v) is 8.57. The Labute approximate surface area is 151 Å². The van der Waals surface area contributed by atoms with E-state index in [1.807, 2.05) is 50.5 Å². The van der Waals surface area contributed by atoms with Gasteiger partial charge in [-0.25, -0.2) is 9.97 Å². The fraction of sp³-hybridized carbons (Fsp3) is 0.263. The molecule has 0 bridgehead atoms. The third-order valence-corrected chi connectivity index (χ3v) is 4.48. The second kappa shape index (κ2) is 6.59. The van der Waals surface area contributed by atoms with Crippen LogP contribution in [0.3, 0.4) is 0 Å². The van der Waals surface area contributed by atoms with Gasteiger partial charge in [0, 0.05) is 37.2 Å². The predicted octanol–water partition coefficient (Wildman–Crippen LogP) is 2.40. The summed E-state index contributed by atoms with van der Waals surface area (Å²) in [7, 11) is 1.85. The van der Waals surface area contributed by atoms with Crippen molar-refractivity contribution < 1.29 is 4.79 Å². The first-order chi connectivity index (χ1) is 12.6. The fourth-order valence-electron chi connectivity index (χ4n) is 3.20. The van der Waals surface area contributed by atoms with E-state index in [9.17, 15) is 4.79 Å². The summed E-state index contributed by atoms with van der Waals surface area (Å²) in [6, 6.07) is 9.60. The van der Waals surface area contributed by atoms with Gasteiger partial charge in [-0.15, -0.1) is 0 Å². The zero-order valence-corrected chi connectivity index (χ0v) is 14.8. The van der Waals surface area contributed by atoms with Crippen molar-refractivity contribution >= 4 is 17.3 Å². The molecule has 1 saturated heterocycles. The Morgan fingerprint density at radius 3 is 2.92 bits per heavy atom. The summed E-state index contributed by atoms with van der Waals surface area (Å²) in [5.74, 6) is 0.806. The van der Waals surface area contributed by atoms with Crippen molar-refractivity contribution in [3.8, 4) is 11.3 Å². The zero-order valence-electron chi connectivity index (χ0n) is 14.8. The van der Waals surface area contributed by atoms with Gasteiger partial charge in [-0.1, -0.05) is 12.1 Å². The zero-order chi connectivity index (χ0) is 18.1. The number of hydrogen-bond donors (Lipinski definition) is 1. The van der Waals surface area contributed by atoms with Crippen molar-refractivity contribution in [3.05, 3.63) is 54.7 Å². The molecule has 0 aliphatic carbocycles. The summed E-state index contributed by atoms with van der Waals surface area (Å²) in [6.45, 7) is 2.56. The lowest BCUT2D eigenvalue weighted by Crippen LogP contribution is -2.33. The number of rotatable bonds is 4. The van der Waals surface area contributed by atoms with Crippen LogP contribution in [0.25, 0.3) is 11.3 Å². The van der Waals surface area contributed by atoms with Crippen molar-refractivity contribution in [1.82, 2.24) is 19.7 Å². The molecule has 3 heterocycles. The Morgan fingerprint density at radius 2 is 2.15 bits per heavy atom. The second-order valence-corrected chi connectivity index (χ2v) is 6.42. The number of nitrogens with zero attached hydrogens (tertiary/aromatic N) is 5. The highest BCUT2D eigenvalue weighted by Gasteiger charge is 2.33.